The summed E-state index contributed by atoms with van der Waals surface area (Å²) in [6.07, 6.45) is 8.25. The van der Waals surface area contributed by atoms with E-state index >= 15 is 0 Å². The van der Waals surface area contributed by atoms with Gasteiger partial charge in [0.2, 0.25) is 5.91 Å². The number of esters is 1. The van der Waals surface area contributed by atoms with E-state index in [2.05, 4.69) is 5.32 Å². The number of carboxylic acid groups (broad SMARTS) is 1. The number of amides is 1. The number of allylic oxidation sites excluding steroid dienone is 12. The number of aliphatic carboxylic acids is 1. The highest BCUT2D eigenvalue weighted by Gasteiger charge is 2.52. The highest BCUT2D eigenvalue weighted by molar-refractivity contribution is 5.78. The number of piperidine rings is 1. The molecule has 80 heavy (non-hydrogen) atoms. The molecule has 0 aromatic rings. The van der Waals surface area contributed by atoms with Gasteiger partial charge in [-0.15, -0.1) is 0 Å². The first kappa shape index (κ1) is 68.5. The Morgan fingerprint density at radius 2 is 1.27 bits per heavy atom. The van der Waals surface area contributed by atoms with Gasteiger partial charge in [0.25, 0.3) is 0 Å². The summed E-state index contributed by atoms with van der Waals surface area (Å²) in [5, 5.41) is 125. The van der Waals surface area contributed by atoms with Gasteiger partial charge in [-0.2, -0.15) is 0 Å². The molecule has 21 nitrogen and oxygen atoms in total. The Labute approximate surface area is 471 Å². The average molecular weight is 1130 g/mol. The molecule has 0 aromatic carbocycles. The molecule has 0 spiro atoms. The third kappa shape index (κ3) is 23.0. The second kappa shape index (κ2) is 35.2. The number of hydrogen-bond acceptors (Lipinski definition) is 19. The number of nitrogens with one attached hydrogen (secondary N) is 1. The van der Waals surface area contributed by atoms with Crippen LogP contribution < -0.4 is 11.1 Å². The summed E-state index contributed by atoms with van der Waals surface area (Å²) in [7, 11) is 0. The number of carbonyl (C=O) groups is 3. The molecular formula is C59H95N3O18. The van der Waals surface area contributed by atoms with Gasteiger partial charge in [0.1, 0.15) is 18.1 Å². The Balaban J connectivity index is 1.56. The zero-order chi connectivity index (χ0) is 58.9. The number of aliphatic hydroxyl groups is 10. The maximum Gasteiger partial charge on any atom is 0.311 e. The zero-order valence-corrected chi connectivity index (χ0v) is 47.1. The minimum absolute atomic E-state index is 0.0390. The maximum absolute atomic E-state index is 13.1. The normalized spacial score (nSPS) is 38.0. The van der Waals surface area contributed by atoms with E-state index < -0.39 is 147 Å². The first-order chi connectivity index (χ1) is 38.0. The Morgan fingerprint density at radius 3 is 1.89 bits per heavy atom. The number of hydrogen-bond donors (Lipinski definition) is 13. The lowest BCUT2D eigenvalue weighted by molar-refractivity contribution is -0.312. The molecule has 4 heterocycles. The standard InChI is InChI=1S/C59H95N3O18/c1-37-21-17-13-11-9-7-5-6-8-10-12-14-18-22-45(79-58-55(72)52(54(71)40(4)78-58)62-29-25-41(26-30-62)56(73)61-28-20-16-15-19-27-60)34-49-51(57(74)75)48(68)36-59(76,80-49)35-44(65)32-47(67)46(66)24-23-42(63)31-43(64)33-50(69)77-39(3)38(2)53(37)70/h5-14,17-18,21-22,37-49,51-55,58,63-68,70-72,76H,15-16,19-20,23-36,60H2,1-4H3,(H,61,73)(H,74,75)/t37-,38-,39-,40+,42+,43+,44-,45-,46+,47+,48-,49-,51+,52-,53+,54+,55-,58-,59+/m0/s1. The van der Waals surface area contributed by atoms with Gasteiger partial charge in [0, 0.05) is 50.0 Å². The molecule has 1 amide bonds. The van der Waals surface area contributed by atoms with Crippen molar-refractivity contribution in [3.63, 3.8) is 0 Å². The summed E-state index contributed by atoms with van der Waals surface area (Å²) in [6.45, 7) is 8.83. The van der Waals surface area contributed by atoms with E-state index in [1.165, 1.54) is 0 Å². The minimum Gasteiger partial charge on any atom is -0.481 e. The monoisotopic (exact) mass is 1130 g/mol. The predicted octanol–water partition coefficient (Wildman–Crippen LogP) is 2.10. The number of carboxylic acids is 1. The van der Waals surface area contributed by atoms with E-state index in [-0.39, 0.29) is 43.4 Å². The molecule has 0 aromatic heterocycles. The Morgan fingerprint density at radius 1 is 0.675 bits per heavy atom. The fourth-order valence-corrected chi connectivity index (χ4v) is 10.8. The number of nitrogens with zero attached hydrogens (tertiary/aromatic N) is 1. The average Bonchev–Trinajstić information content (AvgIpc) is 3.40. The van der Waals surface area contributed by atoms with Gasteiger partial charge in [-0.3, -0.25) is 19.3 Å². The fourth-order valence-electron chi connectivity index (χ4n) is 10.8. The molecule has 0 aliphatic carbocycles. The van der Waals surface area contributed by atoms with Crippen LogP contribution in [0.15, 0.2) is 85.1 Å². The van der Waals surface area contributed by atoms with Gasteiger partial charge in [0.15, 0.2) is 12.1 Å². The molecule has 4 rings (SSSR count). The zero-order valence-electron chi connectivity index (χ0n) is 47.1. The molecule has 4 aliphatic heterocycles. The van der Waals surface area contributed by atoms with E-state index in [0.717, 1.165) is 25.7 Å². The van der Waals surface area contributed by atoms with Gasteiger partial charge in [-0.05, 0) is 78.4 Å². The predicted molar refractivity (Wildman–Crippen MR) is 298 cm³/mol. The number of fused-ring (bicyclic) bond motifs is 2. The number of carbonyl (C=O) groups excluding carboxylic acids is 2. The molecule has 14 N–H and O–H groups in total. The van der Waals surface area contributed by atoms with Gasteiger partial charge in [-0.25, -0.2) is 0 Å². The third-order valence-corrected chi connectivity index (χ3v) is 15.7. The van der Waals surface area contributed by atoms with Crippen molar-refractivity contribution < 1.29 is 89.5 Å². The van der Waals surface area contributed by atoms with Crippen LogP contribution in [-0.4, -0.2) is 203 Å². The van der Waals surface area contributed by atoms with Crippen molar-refractivity contribution in [2.75, 3.05) is 26.2 Å². The number of nitrogens with two attached hydrogens (primary N) is 1. The molecule has 0 saturated carbocycles. The van der Waals surface area contributed by atoms with Gasteiger partial charge in [0.05, 0.1) is 79.6 Å². The number of ether oxygens (including phenoxy) is 4. The SMILES string of the molecule is C[C@@H]1[C@H](O)[C@@H](C)C=CC=CC=CC=CC=CC=CC=C[C@H](O[C@@H]2O[C@H](C)[C@@H](O)[C@H](N3CCC(C(=O)NCCCCCCN)CC3)[C@@H]2O)C[C@@H]2O[C@](O)(C[C@@H](O)C[C@@H](O)[C@H](O)CC[C@@H](O)C[C@@H](O)CC(=O)O[C@H]1C)C[C@H](O)[C@H]2C(=O)O. The van der Waals surface area contributed by atoms with Gasteiger partial charge >= 0.3 is 11.9 Å². The first-order valence-corrected chi connectivity index (χ1v) is 28.7. The van der Waals surface area contributed by atoms with Gasteiger partial charge in [-0.1, -0.05) is 112 Å². The Kier molecular flexibility index (Phi) is 30.1. The Hall–Kier alpha value is -4.01. The highest BCUT2D eigenvalue weighted by atomic mass is 16.7. The van der Waals surface area contributed by atoms with Crippen LogP contribution in [0.3, 0.4) is 0 Å². The van der Waals surface area contributed by atoms with Crippen molar-refractivity contribution in [3.8, 4) is 0 Å². The summed E-state index contributed by atoms with van der Waals surface area (Å²) in [4.78, 5) is 40.5. The number of unbranched alkanes of at least 4 members (excludes halogenated alkanes) is 3. The Bertz CT molecular complexity index is 2060. The molecule has 19 atom stereocenters. The number of likely N-dealkylation sites (tertiary alicyclic amines) is 1. The number of rotatable bonds is 11. The molecule has 4 aliphatic rings. The van der Waals surface area contributed by atoms with Crippen molar-refractivity contribution in [1.29, 1.82) is 0 Å². The van der Waals surface area contributed by atoms with Crippen LogP contribution in [0.1, 0.15) is 118 Å². The lowest BCUT2D eigenvalue weighted by atomic mass is 9.82. The first-order valence-electron chi connectivity index (χ1n) is 28.7. The summed E-state index contributed by atoms with van der Waals surface area (Å²) in [6, 6.07) is -0.878. The summed E-state index contributed by atoms with van der Waals surface area (Å²) >= 11 is 0. The number of cyclic esters (lactones) is 1. The molecule has 0 radical (unpaired) electrons. The highest BCUT2D eigenvalue weighted by Crippen LogP contribution is 2.39. The smallest absolute Gasteiger partial charge is 0.311 e. The third-order valence-electron chi connectivity index (χ3n) is 15.7. The van der Waals surface area contributed by atoms with Crippen LogP contribution in [0.2, 0.25) is 0 Å². The van der Waals surface area contributed by atoms with Crippen LogP contribution in [-0.2, 0) is 33.3 Å². The van der Waals surface area contributed by atoms with E-state index in [1.54, 1.807) is 75.5 Å². The molecule has 2 bridgehead atoms. The quantitative estimate of drug-likeness (QED) is 0.104. The maximum atomic E-state index is 13.1. The van der Waals surface area contributed by atoms with E-state index in [0.29, 0.717) is 39.0 Å². The molecule has 21 heteroatoms. The fraction of sp³-hybridized carbons (Fsp3) is 0.712. The largest absolute Gasteiger partial charge is 0.481 e. The number of aliphatic hydroxyl groups excluding tert-OH is 9. The van der Waals surface area contributed by atoms with Crippen molar-refractivity contribution in [2.45, 2.75) is 215 Å². The second-order valence-corrected chi connectivity index (χ2v) is 22.3. The van der Waals surface area contributed by atoms with E-state index in [9.17, 15) is 70.6 Å². The minimum atomic E-state index is -2.36. The topological polar surface area (TPSA) is 352 Å². The molecule has 3 fully saturated rings. The lowest BCUT2D eigenvalue weighted by Crippen LogP contribution is -2.65. The summed E-state index contributed by atoms with van der Waals surface area (Å²) in [5.74, 6) is -7.20. The van der Waals surface area contributed by atoms with Crippen molar-refractivity contribution in [3.05, 3.63) is 85.1 Å². The van der Waals surface area contributed by atoms with Crippen molar-refractivity contribution >= 4 is 17.8 Å². The molecule has 3 saturated heterocycles. The molecular weight excluding hydrogens is 1040 g/mol. The summed E-state index contributed by atoms with van der Waals surface area (Å²) in [5.41, 5.74) is 5.59. The van der Waals surface area contributed by atoms with E-state index in [1.807, 2.05) is 42.2 Å². The molecule has 454 valence electrons. The van der Waals surface area contributed by atoms with E-state index in [4.69, 9.17) is 24.7 Å². The lowest BCUT2D eigenvalue weighted by Gasteiger charge is -2.48. The second-order valence-electron chi connectivity index (χ2n) is 22.3. The van der Waals surface area contributed by atoms with Crippen LogP contribution in [0, 0.1) is 23.7 Å². The van der Waals surface area contributed by atoms with Crippen LogP contribution in [0.4, 0.5) is 0 Å². The molecule has 0 unspecified atom stereocenters. The van der Waals surface area contributed by atoms with Crippen LogP contribution >= 0.6 is 0 Å². The van der Waals surface area contributed by atoms with Crippen LogP contribution in [0.25, 0.3) is 0 Å². The van der Waals surface area contributed by atoms with Crippen molar-refractivity contribution in [1.82, 2.24) is 10.2 Å². The van der Waals surface area contributed by atoms with Gasteiger partial charge < -0.3 is 86.2 Å². The summed E-state index contributed by atoms with van der Waals surface area (Å²) < 4.78 is 24.1. The van der Waals surface area contributed by atoms with Crippen molar-refractivity contribution in [2.24, 2.45) is 29.4 Å². The van der Waals surface area contributed by atoms with Crippen LogP contribution in [0.5, 0.6) is 0 Å².